The molecule has 0 aromatic heterocycles. The second-order valence-corrected chi connectivity index (χ2v) is 6.56. The zero-order valence-electron chi connectivity index (χ0n) is 16.0. The van der Waals surface area contributed by atoms with Gasteiger partial charge in [0.1, 0.15) is 6.04 Å². The van der Waals surface area contributed by atoms with Gasteiger partial charge in [-0.3, -0.25) is 14.5 Å². The molecule has 0 aromatic rings. The number of nitrogens with zero attached hydrogens (tertiary/aromatic N) is 1. The van der Waals surface area contributed by atoms with Gasteiger partial charge in [0.05, 0.1) is 0 Å². The average Bonchev–Trinajstić information content (AvgIpc) is 2.58. The Morgan fingerprint density at radius 2 is 1.32 bits per heavy atom. The summed E-state index contributed by atoms with van der Waals surface area (Å²) in [5.41, 5.74) is 5.48. The molecule has 3 N–H and O–H groups in total. The molecule has 0 heterocycles. The number of unbranched alkanes of at least 4 members (excludes halogenated alkanes) is 6. The number of amides is 2. The van der Waals surface area contributed by atoms with Crippen molar-refractivity contribution < 1.29 is 19.5 Å². The van der Waals surface area contributed by atoms with Crippen LogP contribution in [0, 0.1) is 0 Å². The highest BCUT2D eigenvalue weighted by Crippen LogP contribution is 2.16. The van der Waals surface area contributed by atoms with Gasteiger partial charge in [-0.15, -0.1) is 0 Å². The van der Waals surface area contributed by atoms with E-state index in [0.29, 0.717) is 25.8 Å². The number of carboxylic acid groups (broad SMARTS) is 1. The summed E-state index contributed by atoms with van der Waals surface area (Å²) in [6.45, 7) is 4.51. The first kappa shape index (κ1) is 23.6. The molecule has 1 atom stereocenters. The highest BCUT2D eigenvalue weighted by molar-refractivity contribution is 5.99. The predicted molar refractivity (Wildman–Crippen MR) is 99.1 cm³/mol. The molecule has 0 rings (SSSR count). The molecule has 0 radical (unpaired) electrons. The van der Waals surface area contributed by atoms with Crippen LogP contribution in [-0.2, 0) is 14.4 Å². The van der Waals surface area contributed by atoms with Gasteiger partial charge >= 0.3 is 5.97 Å². The molecule has 0 fully saturated rings. The van der Waals surface area contributed by atoms with Crippen molar-refractivity contribution in [3.05, 3.63) is 0 Å². The highest BCUT2D eigenvalue weighted by Gasteiger charge is 2.33. The van der Waals surface area contributed by atoms with E-state index in [0.717, 1.165) is 43.4 Å². The minimum Gasteiger partial charge on any atom is -0.480 e. The van der Waals surface area contributed by atoms with Gasteiger partial charge in [0, 0.05) is 12.8 Å². The lowest BCUT2D eigenvalue weighted by molar-refractivity contribution is -0.158. The van der Waals surface area contributed by atoms with E-state index in [-0.39, 0.29) is 31.1 Å². The summed E-state index contributed by atoms with van der Waals surface area (Å²) >= 11 is 0. The number of carbonyl (C=O) groups is 3. The zero-order chi connectivity index (χ0) is 19.1. The van der Waals surface area contributed by atoms with E-state index in [1.807, 2.05) is 0 Å². The van der Waals surface area contributed by atoms with Crippen molar-refractivity contribution in [1.82, 2.24) is 4.90 Å². The third-order valence-corrected chi connectivity index (χ3v) is 4.30. The first-order valence-corrected chi connectivity index (χ1v) is 9.77. The van der Waals surface area contributed by atoms with Crippen molar-refractivity contribution in [3.63, 3.8) is 0 Å². The number of aliphatic carboxylic acids is 1. The number of hydrogen-bond acceptors (Lipinski definition) is 4. The summed E-state index contributed by atoms with van der Waals surface area (Å²) in [6.07, 6.45) is 8.55. The Balaban J connectivity index is 4.95. The smallest absolute Gasteiger partial charge is 0.326 e. The maximum absolute atomic E-state index is 12.6. The van der Waals surface area contributed by atoms with E-state index in [9.17, 15) is 19.5 Å². The van der Waals surface area contributed by atoms with Gasteiger partial charge in [0.25, 0.3) is 0 Å². The van der Waals surface area contributed by atoms with Crippen molar-refractivity contribution in [1.29, 1.82) is 0 Å². The van der Waals surface area contributed by atoms with Gasteiger partial charge in [-0.1, -0.05) is 52.4 Å². The molecule has 0 aliphatic heterocycles. The number of carboxylic acids is 1. The van der Waals surface area contributed by atoms with Crippen LogP contribution < -0.4 is 5.73 Å². The van der Waals surface area contributed by atoms with E-state index >= 15 is 0 Å². The van der Waals surface area contributed by atoms with Crippen LogP contribution in [0.2, 0.25) is 0 Å². The molecular weight excluding hydrogens is 320 g/mol. The Morgan fingerprint density at radius 3 is 1.68 bits per heavy atom. The van der Waals surface area contributed by atoms with E-state index < -0.39 is 12.0 Å². The SMILES string of the molecule is CCCCCCC(=O)N(C(=O)CCCCCC)C(CCCN)C(=O)O. The fourth-order valence-corrected chi connectivity index (χ4v) is 2.81. The van der Waals surface area contributed by atoms with Crippen molar-refractivity contribution in [2.45, 2.75) is 96.9 Å². The van der Waals surface area contributed by atoms with Crippen LogP contribution in [0.1, 0.15) is 90.9 Å². The molecule has 0 saturated heterocycles. The van der Waals surface area contributed by atoms with E-state index in [4.69, 9.17) is 5.73 Å². The Hall–Kier alpha value is -1.43. The molecule has 0 aromatic carbocycles. The molecule has 6 nitrogen and oxygen atoms in total. The van der Waals surface area contributed by atoms with Crippen LogP contribution in [0.5, 0.6) is 0 Å². The van der Waals surface area contributed by atoms with Gasteiger partial charge < -0.3 is 10.8 Å². The van der Waals surface area contributed by atoms with Gasteiger partial charge in [0.2, 0.25) is 11.8 Å². The Morgan fingerprint density at radius 1 is 0.840 bits per heavy atom. The standard InChI is InChI=1S/C19H36N2O4/c1-3-5-7-9-13-17(22)21(16(19(24)25)12-11-15-20)18(23)14-10-8-6-4-2/h16H,3-15,20H2,1-2H3,(H,24,25). The highest BCUT2D eigenvalue weighted by atomic mass is 16.4. The van der Waals surface area contributed by atoms with Gasteiger partial charge in [-0.05, 0) is 32.2 Å². The molecule has 25 heavy (non-hydrogen) atoms. The van der Waals surface area contributed by atoms with Crippen LogP contribution in [0.4, 0.5) is 0 Å². The maximum Gasteiger partial charge on any atom is 0.326 e. The minimum atomic E-state index is -1.13. The first-order chi connectivity index (χ1) is 12.0. The van der Waals surface area contributed by atoms with Gasteiger partial charge in [-0.25, -0.2) is 4.79 Å². The molecule has 0 aliphatic rings. The summed E-state index contributed by atoms with van der Waals surface area (Å²) in [7, 11) is 0. The van der Waals surface area contributed by atoms with Crippen LogP contribution >= 0.6 is 0 Å². The average molecular weight is 357 g/mol. The Kier molecular flexibility index (Phi) is 14.0. The molecule has 0 aliphatic carbocycles. The summed E-state index contributed by atoms with van der Waals surface area (Å²) in [5, 5.41) is 9.50. The Bertz CT molecular complexity index is 375. The lowest BCUT2D eigenvalue weighted by atomic mass is 10.1. The molecule has 0 bridgehead atoms. The third-order valence-electron chi connectivity index (χ3n) is 4.30. The van der Waals surface area contributed by atoms with Crippen LogP contribution in [0.15, 0.2) is 0 Å². The normalized spacial score (nSPS) is 12.0. The van der Waals surface area contributed by atoms with E-state index in [1.165, 1.54) is 0 Å². The number of hydrogen-bond donors (Lipinski definition) is 2. The summed E-state index contributed by atoms with van der Waals surface area (Å²) in [5.74, 6) is -1.85. The molecule has 2 amide bonds. The minimum absolute atomic E-state index is 0.216. The van der Waals surface area contributed by atoms with Crippen LogP contribution in [-0.4, -0.2) is 40.4 Å². The van der Waals surface area contributed by atoms with Gasteiger partial charge in [0.15, 0.2) is 0 Å². The number of rotatable bonds is 15. The summed E-state index contributed by atoms with van der Waals surface area (Å²) < 4.78 is 0. The maximum atomic E-state index is 12.6. The molecule has 6 heteroatoms. The second-order valence-electron chi connectivity index (χ2n) is 6.56. The lowest BCUT2D eigenvalue weighted by Crippen LogP contribution is -2.48. The third kappa shape index (κ3) is 10.2. The number of imide groups is 1. The van der Waals surface area contributed by atoms with Crippen LogP contribution in [0.3, 0.4) is 0 Å². The molecule has 1 unspecified atom stereocenters. The first-order valence-electron chi connectivity index (χ1n) is 9.77. The fraction of sp³-hybridized carbons (Fsp3) is 0.842. The van der Waals surface area contributed by atoms with Crippen molar-refractivity contribution in [2.75, 3.05) is 6.54 Å². The van der Waals surface area contributed by atoms with Crippen molar-refractivity contribution in [2.24, 2.45) is 5.73 Å². The monoisotopic (exact) mass is 356 g/mol. The van der Waals surface area contributed by atoms with Crippen molar-refractivity contribution >= 4 is 17.8 Å². The van der Waals surface area contributed by atoms with Crippen molar-refractivity contribution in [3.8, 4) is 0 Å². The Labute approximate surface area is 152 Å². The topological polar surface area (TPSA) is 101 Å². The summed E-state index contributed by atoms with van der Waals surface area (Å²) in [6, 6.07) is -1.10. The molecule has 0 saturated carbocycles. The van der Waals surface area contributed by atoms with Gasteiger partial charge in [-0.2, -0.15) is 0 Å². The molecule has 0 spiro atoms. The quantitative estimate of drug-likeness (QED) is 0.438. The lowest BCUT2D eigenvalue weighted by Gasteiger charge is -2.27. The largest absolute Gasteiger partial charge is 0.480 e. The van der Waals surface area contributed by atoms with Crippen LogP contribution in [0.25, 0.3) is 0 Å². The number of carbonyl (C=O) groups excluding carboxylic acids is 2. The molecule has 146 valence electrons. The molecular formula is C19H36N2O4. The summed E-state index contributed by atoms with van der Waals surface area (Å²) in [4.78, 5) is 37.7. The second kappa shape index (κ2) is 14.9. The van der Waals surface area contributed by atoms with E-state index in [1.54, 1.807) is 0 Å². The zero-order valence-corrected chi connectivity index (χ0v) is 16.0. The predicted octanol–water partition coefficient (Wildman–Crippen LogP) is 3.47. The number of nitrogens with two attached hydrogens (primary N) is 1. The fourth-order valence-electron chi connectivity index (χ4n) is 2.81. The van der Waals surface area contributed by atoms with E-state index in [2.05, 4.69) is 13.8 Å².